The molecule has 4 aromatic rings. The number of aromatic hydroxyl groups is 2. The van der Waals surface area contributed by atoms with E-state index in [0.717, 1.165) is 0 Å². The van der Waals surface area contributed by atoms with E-state index in [2.05, 4.69) is 42.5 Å². The number of carbonyl (C=O) groups excluding carboxylic acids is 10. The van der Waals surface area contributed by atoms with E-state index in [4.69, 9.17) is 17.2 Å². The largest absolute Gasteiger partial charge is 0.508 e. The molecule has 0 unspecified atom stereocenters. The number of amides is 10. The summed E-state index contributed by atoms with van der Waals surface area (Å²) in [6.07, 6.45) is -0.847. The van der Waals surface area contributed by atoms with E-state index in [9.17, 15) is 73.2 Å². The van der Waals surface area contributed by atoms with Crippen LogP contribution >= 0.6 is 0 Å². The minimum Gasteiger partial charge on any atom is -0.508 e. The van der Waals surface area contributed by atoms with E-state index in [1.165, 1.54) is 41.3 Å². The zero-order valence-corrected chi connectivity index (χ0v) is 52.2. The van der Waals surface area contributed by atoms with Crippen LogP contribution in [-0.4, -0.2) is 170 Å². The van der Waals surface area contributed by atoms with Gasteiger partial charge in [-0.15, -0.1) is 0 Å². The molecule has 0 aliphatic carbocycles. The Morgan fingerprint density at radius 3 is 1.34 bits per heavy atom. The van der Waals surface area contributed by atoms with Crippen LogP contribution < -0.4 is 59.7 Å². The molecule has 0 radical (unpaired) electrons. The third-order valence-electron chi connectivity index (χ3n) is 15.5. The van der Waals surface area contributed by atoms with Crippen LogP contribution in [0.5, 0.6) is 11.5 Å². The van der Waals surface area contributed by atoms with E-state index in [1.807, 2.05) is 6.92 Å². The number of nitrogens with two attached hydrogens (primary N) is 3. The molecule has 10 amide bonds. The van der Waals surface area contributed by atoms with Gasteiger partial charge in [0.15, 0.2) is 0 Å². The van der Waals surface area contributed by atoms with Gasteiger partial charge >= 0.3 is 11.9 Å². The van der Waals surface area contributed by atoms with Crippen molar-refractivity contribution >= 4 is 71.0 Å². The fourth-order valence-corrected chi connectivity index (χ4v) is 10.3. The quantitative estimate of drug-likeness (QED) is 0.0273. The number of carbonyl (C=O) groups is 12. The molecular formula is C65H86N12O16. The second kappa shape index (κ2) is 36.8. The fraction of sp³-hybridized carbons (Fsp3) is 0.446. The Bertz CT molecular complexity index is 3210. The number of hydrogen-bond donors (Lipinski definition) is 15. The molecule has 1 heterocycles. The van der Waals surface area contributed by atoms with Crippen molar-refractivity contribution in [2.75, 3.05) is 13.1 Å². The van der Waals surface area contributed by atoms with Crippen molar-refractivity contribution in [1.82, 2.24) is 47.4 Å². The van der Waals surface area contributed by atoms with Crippen LogP contribution in [-0.2, 0) is 83.2 Å². The summed E-state index contributed by atoms with van der Waals surface area (Å²) in [6, 6.07) is 13.4. The summed E-state index contributed by atoms with van der Waals surface area (Å²) in [7, 11) is 0. The number of primary amides is 1. The molecule has 10 atom stereocenters. The Morgan fingerprint density at radius 2 is 0.882 bits per heavy atom. The predicted octanol–water partition coefficient (Wildman–Crippen LogP) is -0.415. The minimum absolute atomic E-state index is 0.0242. The summed E-state index contributed by atoms with van der Waals surface area (Å²) in [4.78, 5) is 167. The lowest BCUT2D eigenvalue weighted by Crippen LogP contribution is -2.61. The zero-order valence-electron chi connectivity index (χ0n) is 52.2. The molecule has 28 nitrogen and oxygen atoms in total. The van der Waals surface area contributed by atoms with Crippen LogP contribution in [0, 0.1) is 5.92 Å². The maximum Gasteiger partial charge on any atom is 0.326 e. The second-order valence-electron chi connectivity index (χ2n) is 23.2. The van der Waals surface area contributed by atoms with Crippen molar-refractivity contribution in [3.63, 3.8) is 0 Å². The van der Waals surface area contributed by atoms with E-state index in [-0.39, 0.29) is 75.5 Å². The highest BCUT2D eigenvalue weighted by Gasteiger charge is 2.41. The van der Waals surface area contributed by atoms with Gasteiger partial charge in [-0.2, -0.15) is 0 Å². The van der Waals surface area contributed by atoms with Crippen LogP contribution in [0.4, 0.5) is 0 Å². The Hall–Kier alpha value is -9.96. The molecule has 0 spiro atoms. The number of phenolic OH excluding ortho intramolecular Hbond substituents is 2. The third-order valence-corrected chi connectivity index (χ3v) is 15.5. The molecule has 1 aliphatic heterocycles. The summed E-state index contributed by atoms with van der Waals surface area (Å²) in [5, 5.41) is 60.0. The summed E-state index contributed by atoms with van der Waals surface area (Å²) >= 11 is 0. The molecule has 502 valence electrons. The van der Waals surface area contributed by atoms with Gasteiger partial charge in [0.25, 0.3) is 0 Å². The number of hydrogen-bond acceptors (Lipinski definition) is 16. The molecule has 0 aromatic heterocycles. The average Bonchev–Trinajstić information content (AvgIpc) is 1.82. The number of benzene rings is 4. The monoisotopic (exact) mass is 1290 g/mol. The van der Waals surface area contributed by atoms with Gasteiger partial charge in [0.05, 0.1) is 18.9 Å². The van der Waals surface area contributed by atoms with E-state index in [1.54, 1.807) is 86.6 Å². The smallest absolute Gasteiger partial charge is 0.326 e. The first kappa shape index (κ1) is 73.8. The van der Waals surface area contributed by atoms with Gasteiger partial charge in [-0.25, -0.2) is 4.79 Å². The Morgan fingerprint density at radius 1 is 0.495 bits per heavy atom. The van der Waals surface area contributed by atoms with Crippen LogP contribution in [0.2, 0.25) is 0 Å². The first-order valence-corrected chi connectivity index (χ1v) is 30.8. The van der Waals surface area contributed by atoms with Crippen LogP contribution in [0.1, 0.15) is 101 Å². The number of carboxylic acids is 2. The van der Waals surface area contributed by atoms with Gasteiger partial charge in [0.1, 0.15) is 65.9 Å². The number of phenols is 2. The molecule has 28 heteroatoms. The second-order valence-corrected chi connectivity index (χ2v) is 23.2. The molecule has 93 heavy (non-hydrogen) atoms. The van der Waals surface area contributed by atoms with Crippen molar-refractivity contribution in [3.05, 3.63) is 131 Å². The molecule has 1 fully saturated rings. The molecule has 0 bridgehead atoms. The van der Waals surface area contributed by atoms with Crippen molar-refractivity contribution in [2.24, 2.45) is 23.1 Å². The topological polar surface area (TPSA) is 463 Å². The number of rotatable bonds is 37. The molecule has 4 aromatic carbocycles. The molecule has 5 rings (SSSR count). The highest BCUT2D eigenvalue weighted by Crippen LogP contribution is 2.22. The van der Waals surface area contributed by atoms with Gasteiger partial charge < -0.3 is 85.1 Å². The summed E-state index contributed by atoms with van der Waals surface area (Å²) in [5.74, 6) is -12.8. The number of nitrogens with one attached hydrogen (secondary N) is 8. The van der Waals surface area contributed by atoms with Gasteiger partial charge in [0.2, 0.25) is 59.1 Å². The van der Waals surface area contributed by atoms with E-state index < -0.39 is 144 Å². The van der Waals surface area contributed by atoms with Gasteiger partial charge in [-0.3, -0.25) is 52.7 Å². The van der Waals surface area contributed by atoms with Gasteiger partial charge in [-0.05, 0) is 91.1 Å². The lowest BCUT2D eigenvalue weighted by molar-refractivity contribution is -0.144. The first-order valence-electron chi connectivity index (χ1n) is 30.8. The average molecular weight is 1290 g/mol. The van der Waals surface area contributed by atoms with Gasteiger partial charge in [0, 0.05) is 32.2 Å². The molecule has 18 N–H and O–H groups in total. The highest BCUT2D eigenvalue weighted by atomic mass is 16.4. The maximum absolute atomic E-state index is 15.0. The summed E-state index contributed by atoms with van der Waals surface area (Å²) < 4.78 is 0. The lowest BCUT2D eigenvalue weighted by atomic mass is 10.0. The Kier molecular flexibility index (Phi) is 29.2. The number of aliphatic carboxylic acids is 2. The zero-order chi connectivity index (χ0) is 68.3. The van der Waals surface area contributed by atoms with Crippen LogP contribution in [0.3, 0.4) is 0 Å². The predicted molar refractivity (Wildman–Crippen MR) is 338 cm³/mol. The number of nitrogens with zero attached hydrogens (tertiary/aromatic N) is 1. The van der Waals surface area contributed by atoms with E-state index >= 15 is 4.79 Å². The van der Waals surface area contributed by atoms with Crippen molar-refractivity contribution in [1.29, 1.82) is 0 Å². The lowest BCUT2D eigenvalue weighted by Gasteiger charge is -2.31. The Balaban J connectivity index is 1.41. The van der Waals surface area contributed by atoms with E-state index in [0.29, 0.717) is 47.9 Å². The number of carboxylic acid groups (broad SMARTS) is 2. The normalized spacial score (nSPS) is 15.6. The van der Waals surface area contributed by atoms with Crippen molar-refractivity contribution < 1.29 is 78.0 Å². The van der Waals surface area contributed by atoms with Crippen LogP contribution in [0.15, 0.2) is 109 Å². The fourth-order valence-electron chi connectivity index (χ4n) is 10.3. The molecule has 1 saturated heterocycles. The molecule has 0 saturated carbocycles. The Labute approximate surface area is 538 Å². The standard InChI is InChI=1S/C65H86N12O16/c1-4-5-18-44(69-56(83)45(19-12-29-66)70-63(90)55(68)37(2)3)57(84)75-50(33-40-21-25-42(78)26-22-40)64(91)77-30-13-20-52(77)62(89)74-47(32-39-16-10-7-11-17-39)59(86)71-46(31-38-14-8-6-9-15-38)58(85)72-48(35-53(67)80)60(87)73-49(36-54(81)82)61(88)76-51(65(92)93)34-41-23-27-43(79)28-24-41/h6-11,14-17,21-28,37,44-52,55,78-79H,4-5,12-13,18-20,29-36,66,68H2,1-3H3,(H2,67,80)(H,69,83)(H,70,90)(H,71,86)(H,72,85)(H,73,87)(H,74,89)(H,75,84)(H,76,88)(H,81,82)(H,92,93)/t44-,45-,46-,47-,48-,49-,50-,51-,52-,55-/m0/s1. The van der Waals surface area contributed by atoms with Crippen LogP contribution in [0.25, 0.3) is 0 Å². The summed E-state index contributed by atoms with van der Waals surface area (Å²) in [5.41, 5.74) is 19.3. The minimum atomic E-state index is -1.98. The third kappa shape index (κ3) is 24.0. The van der Waals surface area contributed by atoms with Crippen molar-refractivity contribution in [3.8, 4) is 11.5 Å². The summed E-state index contributed by atoms with van der Waals surface area (Å²) in [6.45, 7) is 5.61. The SMILES string of the molecule is CCCC[C@H](NC(=O)[C@H](CCCN)NC(=O)[C@@H](N)C(C)C)C(=O)N[C@@H](Cc1ccc(O)cc1)C(=O)N1CCC[C@H]1C(=O)N[C@@H](Cc1ccccc1)C(=O)N[C@@H](Cc1ccccc1)C(=O)N[C@@H](CC(N)=O)C(=O)N[C@@H](CC(=O)O)C(=O)N[C@@H](Cc1ccc(O)cc1)C(=O)O. The molecular weight excluding hydrogens is 1200 g/mol. The van der Waals surface area contributed by atoms with Gasteiger partial charge in [-0.1, -0.05) is 119 Å². The number of unbranched alkanes of at least 4 members (excludes halogenated alkanes) is 1. The first-order chi connectivity index (χ1) is 44.3. The van der Waals surface area contributed by atoms with Crippen molar-refractivity contribution in [2.45, 2.75) is 165 Å². The molecule has 1 aliphatic rings. The number of likely N-dealkylation sites (tertiary alicyclic amines) is 1. The maximum atomic E-state index is 15.0. The highest BCUT2D eigenvalue weighted by molar-refractivity contribution is 6.00.